The largest absolute Gasteiger partial charge is 0.385 e. The van der Waals surface area contributed by atoms with E-state index < -0.39 is 0 Å². The Morgan fingerprint density at radius 1 is 1.39 bits per heavy atom. The van der Waals surface area contributed by atoms with Crippen molar-refractivity contribution in [3.05, 3.63) is 29.3 Å². The van der Waals surface area contributed by atoms with Crippen LogP contribution in [0.4, 0.5) is 5.69 Å². The van der Waals surface area contributed by atoms with Crippen LogP contribution >= 0.6 is 0 Å². The first-order chi connectivity index (χ1) is 8.48. The third-order valence-corrected chi connectivity index (χ3v) is 3.04. The predicted molar refractivity (Wildman–Crippen MR) is 74.7 cm³/mol. The van der Waals surface area contributed by atoms with Crippen molar-refractivity contribution in [3.63, 3.8) is 0 Å². The lowest BCUT2D eigenvalue weighted by atomic mass is 9.89. The Labute approximate surface area is 110 Å². The summed E-state index contributed by atoms with van der Waals surface area (Å²) in [5.74, 6) is 0. The standard InChI is InChI=1S/C15H22N2O/c1-12-5-6-13(10-16)14(9-12)17-11-15(2,3)7-8-18-4/h5-6,9,17H,7-8,11H2,1-4H3. The first kappa shape index (κ1) is 14.5. The smallest absolute Gasteiger partial charge is 0.101 e. The number of hydrogen-bond donors (Lipinski definition) is 1. The van der Waals surface area contributed by atoms with E-state index in [1.807, 2.05) is 25.1 Å². The molecule has 1 rings (SSSR count). The van der Waals surface area contributed by atoms with Crippen LogP contribution in [-0.2, 0) is 4.74 Å². The molecule has 0 aromatic heterocycles. The Hall–Kier alpha value is -1.53. The van der Waals surface area contributed by atoms with Crippen LogP contribution in [0.5, 0.6) is 0 Å². The number of ether oxygens (including phenoxy) is 1. The van der Waals surface area contributed by atoms with Crippen LogP contribution in [-0.4, -0.2) is 20.3 Å². The highest BCUT2D eigenvalue weighted by Gasteiger charge is 2.17. The number of nitriles is 1. The van der Waals surface area contributed by atoms with E-state index >= 15 is 0 Å². The summed E-state index contributed by atoms with van der Waals surface area (Å²) >= 11 is 0. The third kappa shape index (κ3) is 4.38. The van der Waals surface area contributed by atoms with Crippen molar-refractivity contribution in [2.45, 2.75) is 27.2 Å². The van der Waals surface area contributed by atoms with Gasteiger partial charge in [-0.2, -0.15) is 5.26 Å². The van der Waals surface area contributed by atoms with Crippen molar-refractivity contribution in [2.75, 3.05) is 25.6 Å². The molecule has 0 heterocycles. The first-order valence-corrected chi connectivity index (χ1v) is 6.22. The summed E-state index contributed by atoms with van der Waals surface area (Å²) in [6, 6.07) is 8.05. The van der Waals surface area contributed by atoms with Gasteiger partial charge in [0.1, 0.15) is 6.07 Å². The topological polar surface area (TPSA) is 45.0 Å². The number of methoxy groups -OCH3 is 1. The number of anilines is 1. The molecule has 0 amide bonds. The van der Waals surface area contributed by atoms with Crippen molar-refractivity contribution in [1.29, 1.82) is 5.26 Å². The monoisotopic (exact) mass is 246 g/mol. The Morgan fingerprint density at radius 3 is 2.72 bits per heavy atom. The zero-order chi connectivity index (χ0) is 13.6. The Morgan fingerprint density at radius 2 is 2.11 bits per heavy atom. The number of benzene rings is 1. The average molecular weight is 246 g/mol. The van der Waals surface area contributed by atoms with Crippen LogP contribution in [0.15, 0.2) is 18.2 Å². The molecule has 0 saturated heterocycles. The zero-order valence-corrected chi connectivity index (χ0v) is 11.7. The molecular formula is C15H22N2O. The summed E-state index contributed by atoms with van der Waals surface area (Å²) in [5.41, 5.74) is 2.92. The van der Waals surface area contributed by atoms with Gasteiger partial charge in [-0.1, -0.05) is 19.9 Å². The molecule has 0 aliphatic carbocycles. The van der Waals surface area contributed by atoms with Crippen molar-refractivity contribution in [3.8, 4) is 6.07 Å². The van der Waals surface area contributed by atoms with Gasteiger partial charge in [0, 0.05) is 20.3 Å². The molecule has 0 aliphatic rings. The molecule has 18 heavy (non-hydrogen) atoms. The maximum absolute atomic E-state index is 9.07. The molecule has 0 fully saturated rings. The third-order valence-electron chi connectivity index (χ3n) is 3.04. The lowest BCUT2D eigenvalue weighted by molar-refractivity contribution is 0.157. The normalized spacial score (nSPS) is 11.1. The summed E-state index contributed by atoms with van der Waals surface area (Å²) < 4.78 is 5.11. The molecule has 3 heteroatoms. The molecule has 0 spiro atoms. The van der Waals surface area contributed by atoms with Crippen LogP contribution < -0.4 is 5.32 Å². The molecule has 0 radical (unpaired) electrons. The summed E-state index contributed by atoms with van der Waals surface area (Å²) in [4.78, 5) is 0. The molecule has 0 bridgehead atoms. The van der Waals surface area contributed by atoms with Crippen LogP contribution in [0.25, 0.3) is 0 Å². The van der Waals surface area contributed by atoms with Gasteiger partial charge in [0.2, 0.25) is 0 Å². The van der Waals surface area contributed by atoms with Gasteiger partial charge in [-0.25, -0.2) is 0 Å². The SMILES string of the molecule is COCCC(C)(C)CNc1cc(C)ccc1C#N. The van der Waals surface area contributed by atoms with Crippen LogP contribution in [0, 0.1) is 23.7 Å². The molecular weight excluding hydrogens is 224 g/mol. The fraction of sp³-hybridized carbons (Fsp3) is 0.533. The molecule has 1 aromatic rings. The zero-order valence-electron chi connectivity index (χ0n) is 11.7. The molecule has 0 aliphatic heterocycles. The molecule has 1 N–H and O–H groups in total. The van der Waals surface area contributed by atoms with E-state index in [0.29, 0.717) is 5.56 Å². The molecule has 0 atom stereocenters. The highest BCUT2D eigenvalue weighted by Crippen LogP contribution is 2.23. The van der Waals surface area contributed by atoms with Crippen molar-refractivity contribution in [2.24, 2.45) is 5.41 Å². The van der Waals surface area contributed by atoms with Gasteiger partial charge in [-0.05, 0) is 36.5 Å². The quantitative estimate of drug-likeness (QED) is 0.837. The fourth-order valence-corrected chi connectivity index (χ4v) is 1.70. The van der Waals surface area contributed by atoms with Gasteiger partial charge in [0.05, 0.1) is 11.3 Å². The highest BCUT2D eigenvalue weighted by molar-refractivity contribution is 5.58. The maximum atomic E-state index is 9.07. The number of hydrogen-bond acceptors (Lipinski definition) is 3. The van der Waals surface area contributed by atoms with Crippen LogP contribution in [0.2, 0.25) is 0 Å². The van der Waals surface area contributed by atoms with Crippen LogP contribution in [0.1, 0.15) is 31.4 Å². The highest BCUT2D eigenvalue weighted by atomic mass is 16.5. The summed E-state index contributed by atoms with van der Waals surface area (Å²) in [5, 5.41) is 12.4. The van der Waals surface area contributed by atoms with Crippen molar-refractivity contribution < 1.29 is 4.74 Å². The van der Waals surface area contributed by atoms with E-state index in [-0.39, 0.29) is 5.41 Å². The number of rotatable bonds is 6. The molecule has 98 valence electrons. The summed E-state index contributed by atoms with van der Waals surface area (Å²) in [6.45, 7) is 8.01. The Kier molecular flexibility index (Phi) is 5.18. The van der Waals surface area contributed by atoms with Gasteiger partial charge in [-0.3, -0.25) is 0 Å². The van der Waals surface area contributed by atoms with Gasteiger partial charge >= 0.3 is 0 Å². The molecule has 1 aromatic carbocycles. The summed E-state index contributed by atoms with van der Waals surface area (Å²) in [7, 11) is 1.72. The number of nitrogens with one attached hydrogen (secondary N) is 1. The molecule has 0 saturated carbocycles. The van der Waals surface area contributed by atoms with Gasteiger partial charge < -0.3 is 10.1 Å². The van der Waals surface area contributed by atoms with Crippen LogP contribution in [0.3, 0.4) is 0 Å². The van der Waals surface area contributed by atoms with E-state index in [4.69, 9.17) is 10.00 Å². The maximum Gasteiger partial charge on any atom is 0.101 e. The van der Waals surface area contributed by atoms with E-state index in [2.05, 4.69) is 25.2 Å². The Bertz CT molecular complexity index is 433. The second-order valence-electron chi connectivity index (χ2n) is 5.42. The minimum Gasteiger partial charge on any atom is -0.385 e. The van der Waals surface area contributed by atoms with Crippen molar-refractivity contribution >= 4 is 5.69 Å². The van der Waals surface area contributed by atoms with Crippen molar-refractivity contribution in [1.82, 2.24) is 0 Å². The van der Waals surface area contributed by atoms with E-state index in [1.54, 1.807) is 7.11 Å². The van der Waals surface area contributed by atoms with Gasteiger partial charge in [0.25, 0.3) is 0 Å². The molecule has 0 unspecified atom stereocenters. The minimum absolute atomic E-state index is 0.145. The van der Waals surface area contributed by atoms with E-state index in [1.165, 1.54) is 0 Å². The second kappa shape index (κ2) is 6.42. The Balaban J connectivity index is 2.68. The van der Waals surface area contributed by atoms with Gasteiger partial charge in [0.15, 0.2) is 0 Å². The lowest BCUT2D eigenvalue weighted by Gasteiger charge is -2.25. The van der Waals surface area contributed by atoms with Gasteiger partial charge in [-0.15, -0.1) is 0 Å². The second-order valence-corrected chi connectivity index (χ2v) is 5.42. The average Bonchev–Trinajstić information content (AvgIpc) is 2.34. The lowest BCUT2D eigenvalue weighted by Crippen LogP contribution is -2.25. The molecule has 3 nitrogen and oxygen atoms in total. The fourth-order valence-electron chi connectivity index (χ4n) is 1.70. The number of aryl methyl sites for hydroxylation is 1. The number of nitrogens with zero attached hydrogens (tertiary/aromatic N) is 1. The minimum atomic E-state index is 0.145. The summed E-state index contributed by atoms with van der Waals surface area (Å²) in [6.07, 6.45) is 0.990. The van der Waals surface area contributed by atoms with E-state index in [9.17, 15) is 0 Å². The first-order valence-electron chi connectivity index (χ1n) is 6.22. The predicted octanol–water partition coefficient (Wildman–Crippen LogP) is 3.34. The van der Waals surface area contributed by atoms with E-state index in [0.717, 1.165) is 30.8 Å².